The minimum absolute atomic E-state index is 0.377. The third-order valence-corrected chi connectivity index (χ3v) is 4.61. The molecule has 1 heterocycles. The molecule has 0 atom stereocenters. The van der Waals surface area contributed by atoms with Crippen LogP contribution in [0.4, 0.5) is 0 Å². The van der Waals surface area contributed by atoms with Gasteiger partial charge >= 0.3 is 11.8 Å². The Morgan fingerprint density at radius 1 is 0.960 bits per heavy atom. The Morgan fingerprint density at radius 3 is 2.00 bits per heavy atom. The van der Waals surface area contributed by atoms with E-state index in [1.54, 1.807) is 4.90 Å². The van der Waals surface area contributed by atoms with E-state index in [9.17, 15) is 9.59 Å². The minimum atomic E-state index is -0.639. The third kappa shape index (κ3) is 4.93. The summed E-state index contributed by atoms with van der Waals surface area (Å²) in [5.74, 6) is -0.357. The topological polar surface area (TPSA) is 61.8 Å². The molecule has 6 heteroatoms. The molecule has 2 amide bonds. The smallest absolute Gasteiger partial charge is 0.315 e. The zero-order chi connectivity index (χ0) is 17.5. The summed E-state index contributed by atoms with van der Waals surface area (Å²) in [6, 6.07) is 19.3. The van der Waals surface area contributed by atoms with Crippen molar-refractivity contribution in [2.24, 2.45) is 4.99 Å². The summed E-state index contributed by atoms with van der Waals surface area (Å²) in [4.78, 5) is 30.7. The number of carbonyl (C=O) groups excluding carboxylic acids is 2. The van der Waals surface area contributed by atoms with Gasteiger partial charge in [-0.05, 0) is 11.1 Å². The van der Waals surface area contributed by atoms with Crippen LogP contribution < -0.4 is 5.32 Å². The van der Waals surface area contributed by atoms with E-state index >= 15 is 0 Å². The van der Waals surface area contributed by atoms with Crippen molar-refractivity contribution < 1.29 is 9.59 Å². The fourth-order valence-electron chi connectivity index (χ4n) is 2.51. The highest BCUT2D eigenvalue weighted by molar-refractivity contribution is 8.14. The first-order chi connectivity index (χ1) is 12.2. The van der Waals surface area contributed by atoms with Gasteiger partial charge in [0.05, 0.1) is 6.54 Å². The van der Waals surface area contributed by atoms with Gasteiger partial charge in [0, 0.05) is 18.8 Å². The number of thioether (sulfide) groups is 1. The maximum Gasteiger partial charge on any atom is 0.315 e. The van der Waals surface area contributed by atoms with E-state index < -0.39 is 11.8 Å². The standard InChI is InChI=1S/C19H19N3O2S/c23-17(21-19-20-11-12-25-19)18(24)22(13-15-7-3-1-4-8-15)14-16-9-5-2-6-10-16/h1-10H,11-14H2,(H,20,21,23). The lowest BCUT2D eigenvalue weighted by Gasteiger charge is -2.22. The van der Waals surface area contributed by atoms with Gasteiger partial charge in [-0.2, -0.15) is 0 Å². The van der Waals surface area contributed by atoms with Crippen LogP contribution in [0.25, 0.3) is 0 Å². The number of nitrogens with zero attached hydrogens (tertiary/aromatic N) is 2. The van der Waals surface area contributed by atoms with Crippen molar-refractivity contribution in [3.63, 3.8) is 0 Å². The van der Waals surface area contributed by atoms with E-state index in [0.29, 0.717) is 24.8 Å². The van der Waals surface area contributed by atoms with Gasteiger partial charge < -0.3 is 4.90 Å². The van der Waals surface area contributed by atoms with E-state index in [2.05, 4.69) is 10.3 Å². The fourth-order valence-corrected chi connectivity index (χ4v) is 3.24. The normalized spacial score (nSPS) is 13.2. The highest BCUT2D eigenvalue weighted by Gasteiger charge is 2.24. The molecule has 1 N–H and O–H groups in total. The number of carbonyl (C=O) groups is 2. The predicted octanol–water partition coefficient (Wildman–Crippen LogP) is 2.43. The fraction of sp³-hybridized carbons (Fsp3) is 0.211. The highest BCUT2D eigenvalue weighted by atomic mass is 32.2. The molecule has 0 saturated carbocycles. The van der Waals surface area contributed by atoms with Gasteiger partial charge in [-0.3, -0.25) is 19.9 Å². The van der Waals surface area contributed by atoms with Gasteiger partial charge in [-0.15, -0.1) is 0 Å². The average Bonchev–Trinajstić information content (AvgIpc) is 3.15. The summed E-state index contributed by atoms with van der Waals surface area (Å²) >= 11 is 1.46. The summed E-state index contributed by atoms with van der Waals surface area (Å²) in [5.41, 5.74) is 1.96. The summed E-state index contributed by atoms with van der Waals surface area (Å²) in [5, 5.41) is 3.14. The number of aliphatic imine (C=N–C) groups is 1. The molecule has 1 aliphatic rings. The number of nitrogens with one attached hydrogen (secondary N) is 1. The zero-order valence-electron chi connectivity index (χ0n) is 13.7. The minimum Gasteiger partial charge on any atom is -0.326 e. The van der Waals surface area contributed by atoms with Crippen molar-refractivity contribution in [1.29, 1.82) is 0 Å². The van der Waals surface area contributed by atoms with Crippen LogP contribution in [-0.2, 0) is 22.7 Å². The van der Waals surface area contributed by atoms with E-state index in [1.807, 2.05) is 60.7 Å². The van der Waals surface area contributed by atoms with Gasteiger partial charge in [0.15, 0.2) is 5.17 Å². The quantitative estimate of drug-likeness (QED) is 0.859. The van der Waals surface area contributed by atoms with Crippen LogP contribution in [-0.4, -0.2) is 34.2 Å². The van der Waals surface area contributed by atoms with E-state index in [4.69, 9.17) is 0 Å². The lowest BCUT2D eigenvalue weighted by atomic mass is 10.1. The lowest BCUT2D eigenvalue weighted by Crippen LogP contribution is -2.43. The van der Waals surface area contributed by atoms with Gasteiger partial charge in [-0.1, -0.05) is 72.4 Å². The summed E-state index contributed by atoms with van der Waals surface area (Å²) in [6.07, 6.45) is 0. The lowest BCUT2D eigenvalue weighted by molar-refractivity contribution is -0.145. The largest absolute Gasteiger partial charge is 0.326 e. The van der Waals surface area contributed by atoms with Crippen LogP contribution in [0.5, 0.6) is 0 Å². The molecule has 0 aliphatic carbocycles. The van der Waals surface area contributed by atoms with Gasteiger partial charge in [0.1, 0.15) is 0 Å². The number of amides is 2. The first-order valence-electron chi connectivity index (χ1n) is 8.08. The Kier molecular flexibility index (Phi) is 5.85. The SMILES string of the molecule is O=C(NC1=NCCS1)C(=O)N(Cc1ccccc1)Cc1ccccc1. The van der Waals surface area contributed by atoms with Crippen molar-refractivity contribution in [3.8, 4) is 0 Å². The molecule has 1 aliphatic heterocycles. The van der Waals surface area contributed by atoms with Crippen molar-refractivity contribution in [2.45, 2.75) is 13.1 Å². The molecule has 2 aromatic carbocycles. The molecular formula is C19H19N3O2S. The van der Waals surface area contributed by atoms with Gasteiger partial charge in [0.2, 0.25) is 0 Å². The van der Waals surface area contributed by atoms with Crippen LogP contribution in [0.15, 0.2) is 65.7 Å². The molecule has 0 saturated heterocycles. The summed E-state index contributed by atoms with van der Waals surface area (Å²) < 4.78 is 0. The second-order valence-corrected chi connectivity index (χ2v) is 6.71. The third-order valence-electron chi connectivity index (χ3n) is 3.72. The van der Waals surface area contributed by atoms with Crippen molar-refractivity contribution in [3.05, 3.63) is 71.8 Å². The molecule has 128 valence electrons. The Bertz CT molecular complexity index is 721. The molecular weight excluding hydrogens is 334 g/mol. The number of rotatable bonds is 4. The van der Waals surface area contributed by atoms with Crippen molar-refractivity contribution >= 4 is 28.7 Å². The van der Waals surface area contributed by atoms with E-state index in [1.165, 1.54) is 11.8 Å². The molecule has 3 rings (SSSR count). The molecule has 0 spiro atoms. The van der Waals surface area contributed by atoms with Crippen LogP contribution in [0.2, 0.25) is 0 Å². The molecule has 5 nitrogen and oxygen atoms in total. The molecule has 2 aromatic rings. The Morgan fingerprint density at radius 2 is 1.52 bits per heavy atom. The summed E-state index contributed by atoms with van der Waals surface area (Å²) in [7, 11) is 0. The summed E-state index contributed by atoms with van der Waals surface area (Å²) in [6.45, 7) is 1.43. The number of benzene rings is 2. The zero-order valence-corrected chi connectivity index (χ0v) is 14.5. The van der Waals surface area contributed by atoms with Gasteiger partial charge in [-0.25, -0.2) is 0 Å². The monoisotopic (exact) mass is 353 g/mol. The van der Waals surface area contributed by atoms with Crippen molar-refractivity contribution in [2.75, 3.05) is 12.3 Å². The maximum absolute atomic E-state index is 12.7. The highest BCUT2D eigenvalue weighted by Crippen LogP contribution is 2.12. The van der Waals surface area contributed by atoms with E-state index in [0.717, 1.165) is 16.9 Å². The van der Waals surface area contributed by atoms with Crippen LogP contribution >= 0.6 is 11.8 Å². The first-order valence-corrected chi connectivity index (χ1v) is 9.06. The number of amidine groups is 1. The Hall–Kier alpha value is -2.60. The van der Waals surface area contributed by atoms with Gasteiger partial charge in [0.25, 0.3) is 0 Å². The predicted molar refractivity (Wildman–Crippen MR) is 100 cm³/mol. The van der Waals surface area contributed by atoms with Crippen LogP contribution in [0.1, 0.15) is 11.1 Å². The second kappa shape index (κ2) is 8.48. The number of hydrogen-bond acceptors (Lipinski definition) is 4. The first kappa shape index (κ1) is 17.2. The molecule has 0 fully saturated rings. The Labute approximate surface area is 151 Å². The van der Waals surface area contributed by atoms with Crippen molar-refractivity contribution in [1.82, 2.24) is 10.2 Å². The Balaban J connectivity index is 1.74. The van der Waals surface area contributed by atoms with Crippen LogP contribution in [0.3, 0.4) is 0 Å². The molecule has 0 bridgehead atoms. The number of hydrogen-bond donors (Lipinski definition) is 1. The molecule has 0 aromatic heterocycles. The van der Waals surface area contributed by atoms with Crippen LogP contribution in [0, 0.1) is 0 Å². The second-order valence-electron chi connectivity index (χ2n) is 5.62. The van der Waals surface area contributed by atoms with E-state index in [-0.39, 0.29) is 0 Å². The molecule has 0 radical (unpaired) electrons. The molecule has 25 heavy (non-hydrogen) atoms. The molecule has 0 unspecified atom stereocenters. The maximum atomic E-state index is 12.7. The average molecular weight is 353 g/mol.